The number of nitrogens with one attached hydrogen (secondary N) is 3. The highest BCUT2D eigenvalue weighted by Gasteiger charge is 2.15. The first-order valence-corrected chi connectivity index (χ1v) is 16.1. The Morgan fingerprint density at radius 2 is 1.04 bits per heavy atom. The molecule has 0 radical (unpaired) electrons. The first-order valence-electron chi connectivity index (χ1n) is 16.1. The lowest BCUT2D eigenvalue weighted by Crippen LogP contribution is -2.14. The number of rotatable bonds is 8. The summed E-state index contributed by atoms with van der Waals surface area (Å²) in [6.07, 6.45) is 1.44. The van der Waals surface area contributed by atoms with Gasteiger partial charge < -0.3 is 47.0 Å². The van der Waals surface area contributed by atoms with Crippen LogP contribution in [0.4, 0.5) is 42.9 Å². The molecule has 0 aliphatic rings. The van der Waals surface area contributed by atoms with E-state index < -0.39 is 23.4 Å². The van der Waals surface area contributed by atoms with E-state index in [2.05, 4.69) is 16.0 Å². The maximum Gasteiger partial charge on any atom is 0.291 e. The van der Waals surface area contributed by atoms with Crippen molar-refractivity contribution in [2.24, 2.45) is 0 Å². The van der Waals surface area contributed by atoms with Gasteiger partial charge in [0.25, 0.3) is 17.7 Å². The van der Waals surface area contributed by atoms with Crippen molar-refractivity contribution < 1.29 is 37.1 Å². The zero-order valence-corrected chi connectivity index (χ0v) is 29.4. The van der Waals surface area contributed by atoms with Crippen molar-refractivity contribution in [2.45, 2.75) is 0 Å². The molecule has 0 saturated carbocycles. The van der Waals surface area contributed by atoms with Crippen LogP contribution in [-0.2, 0) is 0 Å². The summed E-state index contributed by atoms with van der Waals surface area (Å²) in [5, 5.41) is 16.7. The summed E-state index contributed by atoms with van der Waals surface area (Å²) < 4.78 is 42.1. The smallest absolute Gasteiger partial charge is 0.291 e. The highest BCUT2D eigenvalue weighted by molar-refractivity contribution is 6.06. The molecule has 0 aliphatic carbocycles. The average Bonchev–Trinajstić information content (AvgIpc) is 3.73. The molecule has 1 heterocycles. The van der Waals surface area contributed by atoms with Gasteiger partial charge in [0.15, 0.2) is 5.76 Å². The quantitative estimate of drug-likeness (QED) is 0.0851. The van der Waals surface area contributed by atoms with Crippen LogP contribution < -0.4 is 42.6 Å². The van der Waals surface area contributed by atoms with E-state index in [1.54, 1.807) is 66.7 Å². The number of methoxy groups -OCH3 is 2. The summed E-state index contributed by atoms with van der Waals surface area (Å²) in [6.45, 7) is 0. The first-order chi connectivity index (χ1) is 26.4. The fraction of sp³-hybridized carbons (Fsp3) is 0.0500. The van der Waals surface area contributed by atoms with Gasteiger partial charge in [-0.3, -0.25) is 14.4 Å². The van der Waals surface area contributed by atoms with Crippen LogP contribution in [-0.4, -0.2) is 31.9 Å². The molecule has 3 amide bonds. The number of nitrogens with zero attached hydrogens (tertiary/aromatic N) is 1. The summed E-state index contributed by atoms with van der Waals surface area (Å²) in [5.74, 6) is -1.51. The van der Waals surface area contributed by atoms with E-state index in [0.717, 1.165) is 0 Å². The third-order valence-corrected chi connectivity index (χ3v) is 7.34. The molecule has 0 unspecified atom stereocenters. The second-order valence-corrected chi connectivity index (χ2v) is 11.1. The van der Waals surface area contributed by atoms with Gasteiger partial charge in [0.05, 0.1) is 54.2 Å². The normalized spacial score (nSPS) is 9.87. The predicted octanol–water partition coefficient (Wildman–Crippen LogP) is 7.32. The molecule has 15 heteroatoms. The van der Waals surface area contributed by atoms with E-state index in [9.17, 15) is 23.2 Å². The molecule has 6 rings (SSSR count). The Balaban J connectivity index is 0.000000184. The second kappa shape index (κ2) is 19.1. The standard InChI is InChI=1S/C14H10FN3O.C14H13FN2O2.C12H12N2O3/c15-12-4-2-1-3-11(12)14(19)18-13-6-5-10(17)7-9(13)8-16;1-19-13-8-9(16)6-7-12(13)17-14(18)10-4-2-3-5-11(10)15;1-16-11-7-8(13)4-5-9(11)14-12(15)10-3-2-6-17-10/h1-7H,17H2,(H,18,19);2-8H,16H2,1H3,(H,17,18);2-7H,13H2,1H3,(H,14,15). The summed E-state index contributed by atoms with van der Waals surface area (Å²) in [4.78, 5) is 35.6. The van der Waals surface area contributed by atoms with Crippen molar-refractivity contribution >= 4 is 51.8 Å². The Hall–Kier alpha value is -7.86. The number of nitrogens with two attached hydrogens (primary N) is 3. The highest BCUT2D eigenvalue weighted by atomic mass is 19.1. The van der Waals surface area contributed by atoms with Gasteiger partial charge in [-0.05, 0) is 78.9 Å². The van der Waals surface area contributed by atoms with E-state index in [4.69, 9.17) is 36.4 Å². The maximum atomic E-state index is 13.5. The monoisotopic (exact) mass is 747 g/mol. The van der Waals surface area contributed by atoms with Gasteiger partial charge in [0.2, 0.25) is 0 Å². The van der Waals surface area contributed by atoms with Crippen molar-refractivity contribution in [2.75, 3.05) is 47.4 Å². The van der Waals surface area contributed by atoms with Crippen LogP contribution >= 0.6 is 0 Å². The molecular formula is C40H35F2N7O6. The maximum absolute atomic E-state index is 13.5. The van der Waals surface area contributed by atoms with E-state index in [1.165, 1.54) is 69.0 Å². The third kappa shape index (κ3) is 11.1. The highest BCUT2D eigenvalue weighted by Crippen LogP contribution is 2.28. The van der Waals surface area contributed by atoms with Gasteiger partial charge in [0.1, 0.15) is 29.2 Å². The molecule has 0 bridgehead atoms. The van der Waals surface area contributed by atoms with Crippen LogP contribution in [0.3, 0.4) is 0 Å². The first kappa shape index (κ1) is 39.9. The Labute approximate surface area is 314 Å². The minimum atomic E-state index is -0.617. The SMILES string of the molecule is COc1cc(N)ccc1NC(=O)c1ccccc1F.COc1cc(N)ccc1NC(=O)c1ccco1.N#Cc1cc(N)ccc1NC(=O)c1ccccc1F. The lowest BCUT2D eigenvalue weighted by Gasteiger charge is -2.11. The number of anilines is 6. The van der Waals surface area contributed by atoms with Crippen LogP contribution in [0.5, 0.6) is 11.5 Å². The Morgan fingerprint density at radius 1 is 0.600 bits per heavy atom. The van der Waals surface area contributed by atoms with E-state index in [-0.39, 0.29) is 28.4 Å². The second-order valence-electron chi connectivity index (χ2n) is 11.1. The van der Waals surface area contributed by atoms with Gasteiger partial charge in [-0.15, -0.1) is 0 Å². The molecule has 0 fully saturated rings. The Bertz CT molecular complexity index is 2330. The van der Waals surface area contributed by atoms with Crippen LogP contribution in [0, 0.1) is 23.0 Å². The zero-order valence-electron chi connectivity index (χ0n) is 29.4. The van der Waals surface area contributed by atoms with Crippen molar-refractivity contribution in [3.8, 4) is 17.6 Å². The largest absolute Gasteiger partial charge is 0.494 e. The van der Waals surface area contributed by atoms with Crippen molar-refractivity contribution in [1.82, 2.24) is 0 Å². The van der Waals surface area contributed by atoms with Crippen molar-refractivity contribution in [3.63, 3.8) is 0 Å². The summed E-state index contributed by atoms with van der Waals surface area (Å²) in [7, 11) is 2.98. The number of carbonyl (C=O) groups is 3. The molecule has 5 aromatic carbocycles. The van der Waals surface area contributed by atoms with Crippen LogP contribution in [0.15, 0.2) is 126 Å². The number of halogens is 2. The van der Waals surface area contributed by atoms with E-state index in [0.29, 0.717) is 45.6 Å². The lowest BCUT2D eigenvalue weighted by molar-refractivity contribution is 0.0992. The molecule has 0 aliphatic heterocycles. The summed E-state index contributed by atoms with van der Waals surface area (Å²) >= 11 is 0. The Kier molecular flexibility index (Phi) is 13.9. The molecule has 1 aromatic heterocycles. The fourth-order valence-electron chi connectivity index (χ4n) is 4.65. The molecule has 0 atom stereocenters. The van der Waals surface area contributed by atoms with Gasteiger partial charge in [0, 0.05) is 29.2 Å². The number of nitrogen functional groups attached to an aromatic ring is 3. The number of hydrogen-bond acceptors (Lipinski definition) is 10. The van der Waals surface area contributed by atoms with Gasteiger partial charge >= 0.3 is 0 Å². The van der Waals surface area contributed by atoms with E-state index >= 15 is 0 Å². The van der Waals surface area contributed by atoms with Gasteiger partial charge in [-0.25, -0.2) is 8.78 Å². The topological polar surface area (TPSA) is 221 Å². The number of benzene rings is 5. The van der Waals surface area contributed by atoms with Crippen LogP contribution in [0.2, 0.25) is 0 Å². The number of ether oxygens (including phenoxy) is 2. The molecule has 6 aromatic rings. The number of furan rings is 1. The van der Waals surface area contributed by atoms with Crippen molar-refractivity contribution in [3.05, 3.63) is 156 Å². The lowest BCUT2D eigenvalue weighted by atomic mass is 10.1. The minimum Gasteiger partial charge on any atom is -0.494 e. The number of nitriles is 1. The van der Waals surface area contributed by atoms with Crippen LogP contribution in [0.1, 0.15) is 36.8 Å². The molecule has 13 nitrogen and oxygen atoms in total. The predicted molar refractivity (Wildman–Crippen MR) is 206 cm³/mol. The molecular weight excluding hydrogens is 712 g/mol. The molecule has 280 valence electrons. The molecule has 9 N–H and O–H groups in total. The summed E-state index contributed by atoms with van der Waals surface area (Å²) in [5.41, 5.74) is 19.7. The van der Waals surface area contributed by atoms with Gasteiger partial charge in [-0.2, -0.15) is 5.26 Å². The molecule has 55 heavy (non-hydrogen) atoms. The van der Waals surface area contributed by atoms with Crippen molar-refractivity contribution in [1.29, 1.82) is 5.26 Å². The molecule has 0 spiro atoms. The van der Waals surface area contributed by atoms with E-state index in [1.807, 2.05) is 6.07 Å². The third-order valence-electron chi connectivity index (χ3n) is 7.34. The molecule has 0 saturated heterocycles. The number of hydrogen-bond donors (Lipinski definition) is 6. The Morgan fingerprint density at radius 3 is 1.47 bits per heavy atom. The number of carbonyl (C=O) groups excluding carboxylic acids is 3. The average molecular weight is 748 g/mol. The van der Waals surface area contributed by atoms with Gasteiger partial charge in [-0.1, -0.05) is 24.3 Å². The number of amides is 3. The fourth-order valence-corrected chi connectivity index (χ4v) is 4.65. The summed E-state index contributed by atoms with van der Waals surface area (Å²) in [6, 6.07) is 30.8. The van der Waals surface area contributed by atoms with Crippen LogP contribution in [0.25, 0.3) is 0 Å². The minimum absolute atomic E-state index is 0.0265. The zero-order chi connectivity index (χ0) is 39.9.